The van der Waals surface area contributed by atoms with E-state index in [4.69, 9.17) is 4.98 Å². The van der Waals surface area contributed by atoms with Crippen LogP contribution >= 0.6 is 31.9 Å². The maximum atomic E-state index is 9.80. The molecule has 0 aliphatic rings. The van der Waals surface area contributed by atoms with Crippen LogP contribution in [0, 0.1) is 0 Å². The molecule has 3 nitrogen and oxygen atoms in total. The first-order valence-corrected chi connectivity index (χ1v) is 9.60. The highest BCUT2D eigenvalue weighted by atomic mass is 79.9. The Hall–Kier alpha value is -2.37. The van der Waals surface area contributed by atoms with Gasteiger partial charge in [-0.25, -0.2) is 4.98 Å². The van der Waals surface area contributed by atoms with Crippen molar-refractivity contribution in [2.45, 2.75) is 0 Å². The highest BCUT2D eigenvalue weighted by molar-refractivity contribution is 9.10. The Morgan fingerprint density at radius 3 is 2.31 bits per heavy atom. The summed E-state index contributed by atoms with van der Waals surface area (Å²) in [4.78, 5) is 8.27. The van der Waals surface area contributed by atoms with Gasteiger partial charge in [0.1, 0.15) is 11.6 Å². The zero-order valence-electron chi connectivity index (χ0n) is 13.6. The Morgan fingerprint density at radius 1 is 0.808 bits per heavy atom. The number of benzene rings is 3. The third kappa shape index (κ3) is 3.32. The van der Waals surface area contributed by atoms with E-state index in [1.165, 1.54) is 0 Å². The van der Waals surface area contributed by atoms with Crippen LogP contribution in [-0.4, -0.2) is 15.1 Å². The Kier molecular flexibility index (Phi) is 4.66. The van der Waals surface area contributed by atoms with Crippen molar-refractivity contribution in [1.29, 1.82) is 0 Å². The fraction of sp³-hybridized carbons (Fsp3) is 0. The molecule has 0 bridgehead atoms. The second-order valence-electron chi connectivity index (χ2n) is 5.85. The summed E-state index contributed by atoms with van der Waals surface area (Å²) < 4.78 is 2.01. The number of aromatic amines is 1. The molecule has 1 aromatic heterocycles. The van der Waals surface area contributed by atoms with Crippen molar-refractivity contribution in [3.8, 4) is 39.7 Å². The SMILES string of the molecule is Oc1cccc(-c2nc(-c3ccc(Br)cc3)c(-c3ccccc3Br)[nH]2)c1. The number of phenolic OH excluding ortho intramolecular Hbond substituents is 1. The molecule has 26 heavy (non-hydrogen) atoms. The van der Waals surface area contributed by atoms with Crippen LogP contribution in [-0.2, 0) is 0 Å². The first kappa shape index (κ1) is 17.1. The van der Waals surface area contributed by atoms with Crippen LogP contribution in [0.2, 0.25) is 0 Å². The summed E-state index contributed by atoms with van der Waals surface area (Å²) in [6, 6.07) is 23.2. The van der Waals surface area contributed by atoms with Crippen molar-refractivity contribution in [3.63, 3.8) is 0 Å². The monoisotopic (exact) mass is 468 g/mol. The second-order valence-corrected chi connectivity index (χ2v) is 7.62. The van der Waals surface area contributed by atoms with E-state index in [1.54, 1.807) is 12.1 Å². The van der Waals surface area contributed by atoms with Crippen LogP contribution in [0.15, 0.2) is 81.7 Å². The maximum Gasteiger partial charge on any atom is 0.138 e. The largest absolute Gasteiger partial charge is 0.508 e. The predicted molar refractivity (Wildman–Crippen MR) is 112 cm³/mol. The summed E-state index contributed by atoms with van der Waals surface area (Å²) in [5.41, 5.74) is 4.67. The van der Waals surface area contributed by atoms with E-state index in [0.29, 0.717) is 5.82 Å². The molecule has 0 saturated heterocycles. The molecule has 5 heteroatoms. The van der Waals surface area contributed by atoms with E-state index >= 15 is 0 Å². The number of H-pyrrole nitrogens is 1. The van der Waals surface area contributed by atoms with E-state index in [1.807, 2.05) is 60.7 Å². The number of aromatic hydroxyl groups is 1. The number of nitrogens with zero attached hydrogens (tertiary/aromatic N) is 1. The Balaban J connectivity index is 1.93. The van der Waals surface area contributed by atoms with Crippen molar-refractivity contribution >= 4 is 31.9 Å². The van der Waals surface area contributed by atoms with Crippen molar-refractivity contribution in [2.75, 3.05) is 0 Å². The number of aromatic nitrogens is 2. The van der Waals surface area contributed by atoms with Gasteiger partial charge in [0.25, 0.3) is 0 Å². The molecule has 0 saturated carbocycles. The average Bonchev–Trinajstić information content (AvgIpc) is 3.08. The van der Waals surface area contributed by atoms with Crippen molar-refractivity contribution < 1.29 is 5.11 Å². The highest BCUT2D eigenvalue weighted by Gasteiger charge is 2.17. The predicted octanol–water partition coefficient (Wildman–Crippen LogP) is 6.64. The van der Waals surface area contributed by atoms with Crippen LogP contribution in [0.4, 0.5) is 0 Å². The number of rotatable bonds is 3. The minimum Gasteiger partial charge on any atom is -0.508 e. The average molecular weight is 470 g/mol. The quantitative estimate of drug-likeness (QED) is 0.353. The number of nitrogens with one attached hydrogen (secondary N) is 1. The van der Waals surface area contributed by atoms with Gasteiger partial charge in [-0.15, -0.1) is 0 Å². The number of imidazole rings is 1. The summed E-state index contributed by atoms with van der Waals surface area (Å²) in [5.74, 6) is 0.927. The van der Waals surface area contributed by atoms with Crippen LogP contribution in [0.5, 0.6) is 5.75 Å². The molecule has 0 fully saturated rings. The lowest BCUT2D eigenvalue weighted by atomic mass is 10.1. The third-order valence-corrected chi connectivity index (χ3v) is 5.30. The maximum absolute atomic E-state index is 9.80. The zero-order valence-corrected chi connectivity index (χ0v) is 16.8. The summed E-state index contributed by atoms with van der Waals surface area (Å²) in [5, 5.41) is 9.80. The van der Waals surface area contributed by atoms with E-state index < -0.39 is 0 Å². The number of halogens is 2. The number of hydrogen-bond donors (Lipinski definition) is 2. The van der Waals surface area contributed by atoms with E-state index in [2.05, 4.69) is 36.8 Å². The summed E-state index contributed by atoms with van der Waals surface area (Å²) in [7, 11) is 0. The van der Waals surface area contributed by atoms with Gasteiger partial charge >= 0.3 is 0 Å². The Labute approximate surface area is 168 Å². The fourth-order valence-corrected chi connectivity index (χ4v) is 3.59. The lowest BCUT2D eigenvalue weighted by molar-refractivity contribution is 0.475. The normalized spacial score (nSPS) is 10.8. The van der Waals surface area contributed by atoms with Crippen molar-refractivity contribution in [3.05, 3.63) is 81.7 Å². The molecule has 0 radical (unpaired) electrons. The van der Waals surface area contributed by atoms with Gasteiger partial charge in [0.2, 0.25) is 0 Å². The van der Waals surface area contributed by atoms with Gasteiger partial charge in [-0.2, -0.15) is 0 Å². The smallest absolute Gasteiger partial charge is 0.138 e. The van der Waals surface area contributed by atoms with Crippen molar-refractivity contribution in [2.24, 2.45) is 0 Å². The minimum atomic E-state index is 0.214. The summed E-state index contributed by atoms with van der Waals surface area (Å²) in [6.07, 6.45) is 0. The molecular formula is C21H14Br2N2O. The highest BCUT2D eigenvalue weighted by Crippen LogP contribution is 2.37. The standard InChI is InChI=1S/C21H14Br2N2O/c22-15-10-8-13(9-11-15)19-20(17-6-1-2-7-18(17)23)25-21(24-19)14-4-3-5-16(26)12-14/h1-12,26H,(H,24,25). The lowest BCUT2D eigenvalue weighted by Crippen LogP contribution is -1.85. The molecule has 0 spiro atoms. The first-order chi connectivity index (χ1) is 12.6. The molecule has 4 rings (SSSR count). The topological polar surface area (TPSA) is 48.9 Å². The molecule has 0 atom stereocenters. The van der Waals surface area contributed by atoms with E-state index in [0.717, 1.165) is 37.0 Å². The molecule has 0 aliphatic heterocycles. The van der Waals surface area contributed by atoms with Crippen molar-refractivity contribution in [1.82, 2.24) is 9.97 Å². The second kappa shape index (κ2) is 7.09. The molecule has 1 heterocycles. The van der Waals surface area contributed by atoms with Crippen LogP contribution < -0.4 is 0 Å². The van der Waals surface area contributed by atoms with Gasteiger partial charge in [0.05, 0.1) is 11.4 Å². The lowest BCUT2D eigenvalue weighted by Gasteiger charge is -2.05. The molecule has 3 aromatic carbocycles. The Bertz CT molecular complexity index is 1070. The van der Waals surface area contributed by atoms with E-state index in [-0.39, 0.29) is 5.75 Å². The van der Waals surface area contributed by atoms with Gasteiger partial charge in [0, 0.05) is 25.6 Å². The summed E-state index contributed by atoms with van der Waals surface area (Å²) in [6.45, 7) is 0. The summed E-state index contributed by atoms with van der Waals surface area (Å²) >= 11 is 7.11. The minimum absolute atomic E-state index is 0.214. The Morgan fingerprint density at radius 2 is 1.58 bits per heavy atom. The zero-order chi connectivity index (χ0) is 18.1. The molecule has 128 valence electrons. The number of hydrogen-bond acceptors (Lipinski definition) is 2. The van der Waals surface area contributed by atoms with E-state index in [9.17, 15) is 5.11 Å². The molecule has 0 unspecified atom stereocenters. The molecule has 2 N–H and O–H groups in total. The molecule has 4 aromatic rings. The molecule has 0 aliphatic carbocycles. The van der Waals surface area contributed by atoms with Gasteiger partial charge in [-0.3, -0.25) is 0 Å². The van der Waals surface area contributed by atoms with Gasteiger partial charge < -0.3 is 10.1 Å². The van der Waals surface area contributed by atoms with Crippen LogP contribution in [0.3, 0.4) is 0 Å². The van der Waals surface area contributed by atoms with Gasteiger partial charge in [-0.05, 0) is 30.3 Å². The first-order valence-electron chi connectivity index (χ1n) is 8.02. The van der Waals surface area contributed by atoms with Crippen LogP contribution in [0.1, 0.15) is 0 Å². The van der Waals surface area contributed by atoms with Gasteiger partial charge in [-0.1, -0.05) is 74.3 Å². The molecule has 0 amide bonds. The van der Waals surface area contributed by atoms with Gasteiger partial charge in [0.15, 0.2) is 0 Å². The number of phenols is 1. The van der Waals surface area contributed by atoms with Crippen LogP contribution in [0.25, 0.3) is 33.9 Å². The molecular weight excluding hydrogens is 456 g/mol. The third-order valence-electron chi connectivity index (χ3n) is 4.08. The fourth-order valence-electron chi connectivity index (χ4n) is 2.84.